The van der Waals surface area contributed by atoms with Crippen LogP contribution in [-0.4, -0.2) is 24.9 Å². The molecule has 1 unspecified atom stereocenters. The van der Waals surface area contributed by atoms with Crippen LogP contribution in [0.3, 0.4) is 0 Å². The van der Waals surface area contributed by atoms with Gasteiger partial charge in [-0.25, -0.2) is 0 Å². The van der Waals surface area contributed by atoms with Crippen molar-refractivity contribution in [1.29, 1.82) is 0 Å². The minimum atomic E-state index is -0.886. The summed E-state index contributed by atoms with van der Waals surface area (Å²) < 4.78 is 0. The predicted octanol–water partition coefficient (Wildman–Crippen LogP) is -0.148. The van der Waals surface area contributed by atoms with Gasteiger partial charge in [0.05, 0.1) is 12.5 Å². The first-order chi connectivity index (χ1) is 7.52. The van der Waals surface area contributed by atoms with E-state index in [2.05, 4.69) is 0 Å². The van der Waals surface area contributed by atoms with Crippen molar-refractivity contribution in [3.63, 3.8) is 0 Å². The SMILES string of the molecule is CN(C(=O)C(N)CC(N)=O)c1ccccc1. The number of hydrogen-bond donors (Lipinski definition) is 2. The van der Waals surface area contributed by atoms with Crippen molar-refractivity contribution >= 4 is 17.5 Å². The number of hydrogen-bond acceptors (Lipinski definition) is 3. The van der Waals surface area contributed by atoms with E-state index in [9.17, 15) is 9.59 Å². The molecule has 1 atom stereocenters. The van der Waals surface area contributed by atoms with Gasteiger partial charge in [0.15, 0.2) is 0 Å². The molecule has 0 aliphatic rings. The van der Waals surface area contributed by atoms with Gasteiger partial charge in [0, 0.05) is 12.7 Å². The van der Waals surface area contributed by atoms with Gasteiger partial charge in [-0.3, -0.25) is 9.59 Å². The van der Waals surface area contributed by atoms with Crippen LogP contribution in [0.2, 0.25) is 0 Å². The summed E-state index contributed by atoms with van der Waals surface area (Å²) in [5, 5.41) is 0. The Morgan fingerprint density at radius 2 is 1.88 bits per heavy atom. The topological polar surface area (TPSA) is 89.4 Å². The Labute approximate surface area is 94.0 Å². The van der Waals surface area contributed by atoms with Crippen LogP contribution >= 0.6 is 0 Å². The zero-order valence-electron chi connectivity index (χ0n) is 9.09. The molecule has 4 N–H and O–H groups in total. The maximum atomic E-state index is 11.8. The molecule has 0 spiro atoms. The summed E-state index contributed by atoms with van der Waals surface area (Å²) in [5.41, 5.74) is 11.3. The Hall–Kier alpha value is -1.88. The summed E-state index contributed by atoms with van der Waals surface area (Å²) in [6, 6.07) is 8.18. The van der Waals surface area contributed by atoms with Crippen LogP contribution in [0.5, 0.6) is 0 Å². The lowest BCUT2D eigenvalue weighted by atomic mass is 10.2. The lowest BCUT2D eigenvalue weighted by Gasteiger charge is -2.20. The minimum Gasteiger partial charge on any atom is -0.370 e. The minimum absolute atomic E-state index is 0.143. The van der Waals surface area contributed by atoms with Gasteiger partial charge in [-0.15, -0.1) is 0 Å². The van der Waals surface area contributed by atoms with Crippen molar-refractivity contribution < 1.29 is 9.59 Å². The van der Waals surface area contributed by atoms with Crippen molar-refractivity contribution in [3.05, 3.63) is 30.3 Å². The maximum absolute atomic E-state index is 11.8. The number of nitrogens with zero attached hydrogens (tertiary/aromatic N) is 1. The summed E-state index contributed by atoms with van der Waals surface area (Å²) in [6.07, 6.45) is -0.143. The molecule has 1 aromatic rings. The number of nitrogens with two attached hydrogens (primary N) is 2. The highest BCUT2D eigenvalue weighted by Crippen LogP contribution is 2.12. The monoisotopic (exact) mass is 221 g/mol. The number of likely N-dealkylation sites (N-methyl/N-ethyl adjacent to an activating group) is 1. The second-order valence-electron chi connectivity index (χ2n) is 3.51. The van der Waals surface area contributed by atoms with Crippen molar-refractivity contribution in [2.45, 2.75) is 12.5 Å². The van der Waals surface area contributed by atoms with Crippen LogP contribution in [0.25, 0.3) is 0 Å². The van der Waals surface area contributed by atoms with Gasteiger partial charge in [0.25, 0.3) is 0 Å². The molecule has 0 aliphatic heterocycles. The Bertz CT molecular complexity index is 378. The zero-order chi connectivity index (χ0) is 12.1. The first kappa shape index (κ1) is 12.2. The average Bonchev–Trinajstić information content (AvgIpc) is 2.27. The van der Waals surface area contributed by atoms with Gasteiger partial charge in [-0.1, -0.05) is 18.2 Å². The fourth-order valence-electron chi connectivity index (χ4n) is 1.33. The Kier molecular flexibility index (Phi) is 4.02. The van der Waals surface area contributed by atoms with Crippen LogP contribution < -0.4 is 16.4 Å². The second kappa shape index (κ2) is 5.27. The lowest BCUT2D eigenvalue weighted by Crippen LogP contribution is -2.44. The summed E-state index contributed by atoms with van der Waals surface area (Å²) in [7, 11) is 1.61. The van der Waals surface area contributed by atoms with Crippen LogP contribution in [0, 0.1) is 0 Å². The van der Waals surface area contributed by atoms with E-state index in [4.69, 9.17) is 11.5 Å². The standard InChI is InChI=1S/C11H15N3O2/c1-14(8-5-3-2-4-6-8)11(16)9(12)7-10(13)15/h2-6,9H,7,12H2,1H3,(H2,13,15). The molecule has 0 bridgehead atoms. The number of carbonyl (C=O) groups excluding carboxylic acids is 2. The molecule has 0 heterocycles. The van der Waals surface area contributed by atoms with E-state index in [1.807, 2.05) is 18.2 Å². The van der Waals surface area contributed by atoms with E-state index in [0.717, 1.165) is 5.69 Å². The average molecular weight is 221 g/mol. The van der Waals surface area contributed by atoms with E-state index >= 15 is 0 Å². The number of para-hydroxylation sites is 1. The number of carbonyl (C=O) groups is 2. The van der Waals surface area contributed by atoms with Gasteiger partial charge in [0.2, 0.25) is 11.8 Å². The van der Waals surface area contributed by atoms with E-state index in [1.165, 1.54) is 4.90 Å². The van der Waals surface area contributed by atoms with Crippen LogP contribution in [-0.2, 0) is 9.59 Å². The highest BCUT2D eigenvalue weighted by Gasteiger charge is 2.20. The molecule has 1 aromatic carbocycles. The molecule has 0 saturated carbocycles. The number of rotatable bonds is 4. The normalized spacial score (nSPS) is 11.9. The quantitative estimate of drug-likeness (QED) is 0.741. The second-order valence-corrected chi connectivity index (χ2v) is 3.51. The zero-order valence-corrected chi connectivity index (χ0v) is 9.09. The van der Waals surface area contributed by atoms with E-state index in [-0.39, 0.29) is 12.3 Å². The van der Waals surface area contributed by atoms with Gasteiger partial charge in [0.1, 0.15) is 0 Å². The van der Waals surface area contributed by atoms with Crippen molar-refractivity contribution in [2.75, 3.05) is 11.9 Å². The lowest BCUT2D eigenvalue weighted by molar-refractivity contribution is -0.124. The number of anilines is 1. The molecule has 0 fully saturated rings. The largest absolute Gasteiger partial charge is 0.370 e. The molecule has 16 heavy (non-hydrogen) atoms. The predicted molar refractivity (Wildman–Crippen MR) is 61.6 cm³/mol. The maximum Gasteiger partial charge on any atom is 0.244 e. The molecule has 0 aromatic heterocycles. The highest BCUT2D eigenvalue weighted by molar-refractivity contribution is 5.98. The molecule has 2 amide bonds. The van der Waals surface area contributed by atoms with Gasteiger partial charge < -0.3 is 16.4 Å². The third-order valence-corrected chi connectivity index (χ3v) is 2.21. The smallest absolute Gasteiger partial charge is 0.244 e. The molecule has 5 heteroatoms. The number of benzene rings is 1. The third kappa shape index (κ3) is 3.06. The van der Waals surface area contributed by atoms with Crippen molar-refractivity contribution in [2.24, 2.45) is 11.5 Å². The van der Waals surface area contributed by atoms with Gasteiger partial charge in [-0.2, -0.15) is 0 Å². The van der Waals surface area contributed by atoms with Gasteiger partial charge in [-0.05, 0) is 12.1 Å². The molecule has 0 radical (unpaired) electrons. The summed E-state index contributed by atoms with van der Waals surface area (Å²) in [5.74, 6) is -0.910. The van der Waals surface area contributed by atoms with Crippen molar-refractivity contribution in [1.82, 2.24) is 0 Å². The van der Waals surface area contributed by atoms with E-state index < -0.39 is 11.9 Å². The van der Waals surface area contributed by atoms with Gasteiger partial charge >= 0.3 is 0 Å². The molecule has 0 saturated heterocycles. The summed E-state index contributed by atoms with van der Waals surface area (Å²) in [6.45, 7) is 0. The number of primary amides is 1. The Morgan fingerprint density at radius 1 is 1.31 bits per heavy atom. The number of amides is 2. The Morgan fingerprint density at radius 3 is 2.38 bits per heavy atom. The molecule has 86 valence electrons. The van der Waals surface area contributed by atoms with Crippen molar-refractivity contribution in [3.8, 4) is 0 Å². The molecule has 5 nitrogen and oxygen atoms in total. The molecule has 0 aliphatic carbocycles. The summed E-state index contributed by atoms with van der Waals surface area (Å²) >= 11 is 0. The van der Waals surface area contributed by atoms with Crippen LogP contribution in [0.1, 0.15) is 6.42 Å². The van der Waals surface area contributed by atoms with E-state index in [0.29, 0.717) is 0 Å². The Balaban J connectivity index is 2.71. The first-order valence-corrected chi connectivity index (χ1v) is 4.89. The molecular weight excluding hydrogens is 206 g/mol. The molecule has 1 rings (SSSR count). The van der Waals surface area contributed by atoms with Crippen LogP contribution in [0.15, 0.2) is 30.3 Å². The fourth-order valence-corrected chi connectivity index (χ4v) is 1.33. The molecular formula is C11H15N3O2. The third-order valence-electron chi connectivity index (χ3n) is 2.21. The highest BCUT2D eigenvalue weighted by atomic mass is 16.2. The van der Waals surface area contributed by atoms with Crippen LogP contribution in [0.4, 0.5) is 5.69 Å². The fraction of sp³-hybridized carbons (Fsp3) is 0.273. The summed E-state index contributed by atoms with van der Waals surface area (Å²) in [4.78, 5) is 23.8. The van der Waals surface area contributed by atoms with E-state index in [1.54, 1.807) is 19.2 Å². The first-order valence-electron chi connectivity index (χ1n) is 4.89.